The second kappa shape index (κ2) is 3.97. The number of hydrogen-bond acceptors (Lipinski definition) is 4. The minimum absolute atomic E-state index is 0.823. The Morgan fingerprint density at radius 2 is 2.46 bits per heavy atom. The van der Waals surface area contributed by atoms with E-state index in [0.717, 1.165) is 22.7 Å². The van der Waals surface area contributed by atoms with Crippen LogP contribution in [0.25, 0.3) is 0 Å². The van der Waals surface area contributed by atoms with Crippen molar-refractivity contribution in [3.05, 3.63) is 28.2 Å². The molecule has 2 rings (SSSR count). The van der Waals surface area contributed by atoms with Gasteiger partial charge in [-0.25, -0.2) is 4.98 Å². The maximum absolute atomic E-state index is 4.19. The molecule has 0 spiro atoms. The molecule has 13 heavy (non-hydrogen) atoms. The van der Waals surface area contributed by atoms with Gasteiger partial charge in [-0.15, -0.1) is 0 Å². The minimum atomic E-state index is 0.823. The van der Waals surface area contributed by atoms with Crippen LogP contribution in [0.5, 0.6) is 0 Å². The van der Waals surface area contributed by atoms with Gasteiger partial charge in [-0.05, 0) is 33.5 Å². The molecule has 0 radical (unpaired) electrons. The molecule has 4 nitrogen and oxygen atoms in total. The van der Waals surface area contributed by atoms with Crippen LogP contribution in [-0.2, 0) is 13.0 Å². The molecule has 0 amide bonds. The van der Waals surface area contributed by atoms with Crippen molar-refractivity contribution in [3.63, 3.8) is 0 Å². The summed E-state index contributed by atoms with van der Waals surface area (Å²) in [7, 11) is 0. The summed E-state index contributed by atoms with van der Waals surface area (Å²) >= 11 is 4.64. The van der Waals surface area contributed by atoms with Crippen LogP contribution in [0.4, 0.5) is 0 Å². The van der Waals surface area contributed by atoms with E-state index in [2.05, 4.69) is 30.4 Å². The first-order valence-electron chi connectivity index (χ1n) is 3.80. The molecule has 0 saturated carbocycles. The Hall–Kier alpha value is -0.750. The Labute approximate surface area is 87.9 Å². The van der Waals surface area contributed by atoms with Crippen molar-refractivity contribution in [1.29, 1.82) is 0 Å². The standard InChI is InChI=1S/C7H7BrN4S/c8-7-10-6(11-13-7)2-5-12-4-1-3-9-12/h1,3-4H,2,5H2. The number of halogens is 1. The van der Waals surface area contributed by atoms with Crippen molar-refractivity contribution < 1.29 is 0 Å². The summed E-state index contributed by atoms with van der Waals surface area (Å²) in [6.07, 6.45) is 4.52. The van der Waals surface area contributed by atoms with Crippen LogP contribution in [0.1, 0.15) is 5.82 Å². The zero-order valence-electron chi connectivity index (χ0n) is 6.72. The van der Waals surface area contributed by atoms with Gasteiger partial charge in [-0.3, -0.25) is 4.68 Å². The summed E-state index contributed by atoms with van der Waals surface area (Å²) < 4.78 is 6.86. The van der Waals surface area contributed by atoms with Crippen LogP contribution in [-0.4, -0.2) is 19.1 Å². The van der Waals surface area contributed by atoms with E-state index < -0.39 is 0 Å². The van der Waals surface area contributed by atoms with Crippen molar-refractivity contribution >= 4 is 27.5 Å². The van der Waals surface area contributed by atoms with Gasteiger partial charge in [-0.1, -0.05) is 0 Å². The summed E-state index contributed by atoms with van der Waals surface area (Å²) in [4.78, 5) is 4.19. The van der Waals surface area contributed by atoms with Crippen LogP contribution < -0.4 is 0 Å². The second-order valence-electron chi connectivity index (χ2n) is 2.48. The lowest BCUT2D eigenvalue weighted by atomic mass is 10.4. The summed E-state index contributed by atoms with van der Waals surface area (Å²) in [5.74, 6) is 0.868. The fourth-order valence-electron chi connectivity index (χ4n) is 0.981. The highest BCUT2D eigenvalue weighted by Crippen LogP contribution is 2.12. The van der Waals surface area contributed by atoms with Gasteiger partial charge in [0, 0.05) is 25.4 Å². The first kappa shape index (κ1) is 8.83. The summed E-state index contributed by atoms with van der Waals surface area (Å²) in [5, 5.41) is 4.09. The molecule has 0 aliphatic carbocycles. The van der Waals surface area contributed by atoms with Gasteiger partial charge in [0.15, 0.2) is 3.92 Å². The second-order valence-corrected chi connectivity index (χ2v) is 4.51. The van der Waals surface area contributed by atoms with E-state index in [1.807, 2.05) is 16.9 Å². The zero-order chi connectivity index (χ0) is 9.10. The quantitative estimate of drug-likeness (QED) is 0.843. The monoisotopic (exact) mass is 258 g/mol. The fraction of sp³-hybridized carbons (Fsp3) is 0.286. The van der Waals surface area contributed by atoms with Crippen LogP contribution in [0.3, 0.4) is 0 Å². The molecule has 0 atom stereocenters. The molecule has 0 fully saturated rings. The molecular formula is C7H7BrN4S. The smallest absolute Gasteiger partial charge is 0.179 e. The van der Waals surface area contributed by atoms with Crippen molar-refractivity contribution in [2.24, 2.45) is 0 Å². The predicted molar refractivity (Wildman–Crippen MR) is 53.5 cm³/mol. The molecule has 6 heteroatoms. The largest absolute Gasteiger partial charge is 0.272 e. The highest BCUT2D eigenvalue weighted by atomic mass is 79.9. The lowest BCUT2D eigenvalue weighted by molar-refractivity contribution is 0.603. The van der Waals surface area contributed by atoms with Gasteiger partial charge in [0.25, 0.3) is 0 Å². The van der Waals surface area contributed by atoms with E-state index in [1.165, 1.54) is 11.5 Å². The SMILES string of the molecule is Brc1nc(CCn2cccn2)ns1. The number of nitrogens with zero attached hydrogens (tertiary/aromatic N) is 4. The van der Waals surface area contributed by atoms with E-state index in [1.54, 1.807) is 6.20 Å². The molecule has 68 valence electrons. The molecule has 2 aromatic rings. The molecule has 0 aliphatic rings. The Kier molecular flexibility index (Phi) is 2.70. The highest BCUT2D eigenvalue weighted by Gasteiger charge is 2.01. The Morgan fingerprint density at radius 3 is 3.08 bits per heavy atom. The van der Waals surface area contributed by atoms with Crippen LogP contribution >= 0.6 is 27.5 Å². The molecule has 2 heterocycles. The highest BCUT2D eigenvalue weighted by molar-refractivity contribution is 9.11. The van der Waals surface area contributed by atoms with Crippen molar-refractivity contribution in [1.82, 2.24) is 19.1 Å². The zero-order valence-corrected chi connectivity index (χ0v) is 9.12. The lowest BCUT2D eigenvalue weighted by Gasteiger charge is -1.96. The van der Waals surface area contributed by atoms with Crippen molar-refractivity contribution in [2.75, 3.05) is 0 Å². The molecule has 2 aromatic heterocycles. The lowest BCUT2D eigenvalue weighted by Crippen LogP contribution is -2.02. The number of aryl methyl sites for hydroxylation is 2. The summed E-state index contributed by atoms with van der Waals surface area (Å²) in [6.45, 7) is 0.830. The van der Waals surface area contributed by atoms with Crippen LogP contribution in [0.15, 0.2) is 22.4 Å². The summed E-state index contributed by atoms with van der Waals surface area (Å²) in [6, 6.07) is 1.91. The maximum atomic E-state index is 4.19. The number of aromatic nitrogens is 4. The van der Waals surface area contributed by atoms with E-state index in [9.17, 15) is 0 Å². The first-order valence-corrected chi connectivity index (χ1v) is 5.37. The molecule has 0 aliphatic heterocycles. The Bertz CT molecular complexity index is 370. The van der Waals surface area contributed by atoms with Crippen LogP contribution in [0, 0.1) is 0 Å². The third kappa shape index (κ3) is 2.35. The molecule has 0 unspecified atom stereocenters. The topological polar surface area (TPSA) is 43.6 Å². The third-order valence-electron chi connectivity index (χ3n) is 1.57. The van der Waals surface area contributed by atoms with Crippen molar-refractivity contribution in [2.45, 2.75) is 13.0 Å². The van der Waals surface area contributed by atoms with Gasteiger partial charge in [-0.2, -0.15) is 9.47 Å². The predicted octanol–water partition coefficient (Wildman–Crippen LogP) is 1.74. The third-order valence-corrected chi connectivity index (χ3v) is 2.72. The van der Waals surface area contributed by atoms with Gasteiger partial charge in [0.2, 0.25) is 0 Å². The minimum Gasteiger partial charge on any atom is -0.272 e. The fourth-order valence-corrected chi connectivity index (χ4v) is 1.86. The van der Waals surface area contributed by atoms with E-state index in [4.69, 9.17) is 0 Å². The Balaban J connectivity index is 1.93. The molecule has 0 aromatic carbocycles. The normalized spacial score (nSPS) is 10.5. The van der Waals surface area contributed by atoms with Crippen LogP contribution in [0.2, 0.25) is 0 Å². The average molecular weight is 259 g/mol. The number of rotatable bonds is 3. The summed E-state index contributed by atoms with van der Waals surface area (Å²) in [5.41, 5.74) is 0. The maximum Gasteiger partial charge on any atom is 0.179 e. The van der Waals surface area contributed by atoms with Gasteiger partial charge < -0.3 is 0 Å². The van der Waals surface area contributed by atoms with Gasteiger partial charge >= 0.3 is 0 Å². The molecule has 0 N–H and O–H groups in total. The Morgan fingerprint density at radius 1 is 1.54 bits per heavy atom. The van der Waals surface area contributed by atoms with Crippen molar-refractivity contribution in [3.8, 4) is 0 Å². The average Bonchev–Trinajstić information content (AvgIpc) is 2.71. The van der Waals surface area contributed by atoms with E-state index in [0.29, 0.717) is 0 Å². The molecular weight excluding hydrogens is 252 g/mol. The number of hydrogen-bond donors (Lipinski definition) is 0. The molecule has 0 bridgehead atoms. The molecule has 0 saturated heterocycles. The van der Waals surface area contributed by atoms with Gasteiger partial charge in [0.05, 0.1) is 0 Å². The van der Waals surface area contributed by atoms with E-state index >= 15 is 0 Å². The van der Waals surface area contributed by atoms with E-state index in [-0.39, 0.29) is 0 Å². The van der Waals surface area contributed by atoms with Gasteiger partial charge in [0.1, 0.15) is 5.82 Å². The first-order chi connectivity index (χ1) is 6.34.